The van der Waals surface area contributed by atoms with Crippen molar-refractivity contribution in [2.45, 2.75) is 26.3 Å². The van der Waals surface area contributed by atoms with Gasteiger partial charge >= 0.3 is 0 Å². The topological polar surface area (TPSA) is 25.2 Å². The summed E-state index contributed by atoms with van der Waals surface area (Å²) in [7, 11) is 0. The average molecular weight is 300 g/mol. The van der Waals surface area contributed by atoms with Gasteiger partial charge < -0.3 is 9.73 Å². The number of aryl methyl sites for hydroxylation is 1. The molecule has 2 aromatic carbocycles. The molecule has 1 N–H and O–H groups in total. The second-order valence-corrected chi connectivity index (χ2v) is 5.45. The molecular weight excluding hydrogens is 282 g/mol. The van der Waals surface area contributed by atoms with E-state index in [1.807, 2.05) is 24.3 Å². The van der Waals surface area contributed by atoms with Crippen LogP contribution in [0.4, 0.5) is 5.69 Å². The molecular formula is C18H18ClNO. The minimum atomic E-state index is 0.469. The van der Waals surface area contributed by atoms with Crippen molar-refractivity contribution in [2.24, 2.45) is 0 Å². The maximum atomic E-state index is 6.23. The zero-order valence-corrected chi connectivity index (χ0v) is 12.8. The van der Waals surface area contributed by atoms with Crippen LogP contribution in [0.1, 0.15) is 24.5 Å². The van der Waals surface area contributed by atoms with E-state index < -0.39 is 0 Å². The number of benzene rings is 2. The summed E-state index contributed by atoms with van der Waals surface area (Å²) in [6.45, 7) is 2.85. The molecule has 3 rings (SSSR count). The second-order valence-electron chi connectivity index (χ2n) is 5.11. The maximum absolute atomic E-state index is 6.23. The van der Waals surface area contributed by atoms with E-state index in [0.717, 1.165) is 29.4 Å². The molecule has 1 aromatic heterocycles. The van der Waals surface area contributed by atoms with Gasteiger partial charge in [-0.3, -0.25) is 0 Å². The number of anilines is 1. The lowest BCUT2D eigenvalue weighted by Crippen LogP contribution is -2.02. The van der Waals surface area contributed by atoms with E-state index in [2.05, 4.69) is 36.5 Å². The van der Waals surface area contributed by atoms with Gasteiger partial charge in [0, 0.05) is 23.2 Å². The fraction of sp³-hybridized carbons (Fsp3) is 0.222. The Hall–Kier alpha value is -1.93. The van der Waals surface area contributed by atoms with Crippen molar-refractivity contribution in [1.82, 2.24) is 0 Å². The van der Waals surface area contributed by atoms with Crippen LogP contribution in [0.3, 0.4) is 0 Å². The average Bonchev–Trinajstić information content (AvgIpc) is 2.82. The fourth-order valence-electron chi connectivity index (χ4n) is 2.60. The highest BCUT2D eigenvalue weighted by Gasteiger charge is 2.12. The van der Waals surface area contributed by atoms with E-state index in [9.17, 15) is 0 Å². The number of fused-ring (bicyclic) bond motifs is 1. The van der Waals surface area contributed by atoms with Crippen molar-refractivity contribution < 1.29 is 4.42 Å². The Bertz CT molecular complexity index is 748. The Morgan fingerprint density at radius 1 is 1.05 bits per heavy atom. The van der Waals surface area contributed by atoms with Gasteiger partial charge in [-0.15, -0.1) is 0 Å². The van der Waals surface area contributed by atoms with Crippen molar-refractivity contribution in [3.05, 3.63) is 64.9 Å². The predicted octanol–water partition coefficient (Wildman–Crippen LogP) is 5.65. The number of hydrogen-bond acceptors (Lipinski definition) is 2. The molecule has 0 atom stereocenters. The lowest BCUT2D eigenvalue weighted by molar-refractivity contribution is 0.613. The number of hydrogen-bond donors (Lipinski definition) is 1. The fourth-order valence-corrected chi connectivity index (χ4v) is 2.85. The van der Waals surface area contributed by atoms with Crippen LogP contribution in [-0.2, 0) is 13.0 Å². The molecule has 0 fully saturated rings. The van der Waals surface area contributed by atoms with Gasteiger partial charge in [-0.2, -0.15) is 0 Å². The van der Waals surface area contributed by atoms with E-state index in [1.165, 1.54) is 11.3 Å². The first-order valence-corrected chi connectivity index (χ1v) is 7.65. The highest BCUT2D eigenvalue weighted by atomic mass is 35.5. The summed E-state index contributed by atoms with van der Waals surface area (Å²) in [4.78, 5) is 0. The van der Waals surface area contributed by atoms with Crippen LogP contribution < -0.4 is 5.32 Å². The smallest absolute Gasteiger partial charge is 0.199 e. The minimum absolute atomic E-state index is 0.469. The molecule has 21 heavy (non-hydrogen) atoms. The molecule has 0 radical (unpaired) electrons. The molecule has 0 aliphatic heterocycles. The largest absolute Gasteiger partial charge is 0.444 e. The van der Waals surface area contributed by atoms with Crippen LogP contribution in [0, 0.1) is 0 Å². The highest BCUT2D eigenvalue weighted by Crippen LogP contribution is 2.30. The van der Waals surface area contributed by atoms with Gasteiger partial charge in [0.15, 0.2) is 5.22 Å². The Labute approximate surface area is 129 Å². The molecule has 0 saturated heterocycles. The van der Waals surface area contributed by atoms with Gasteiger partial charge in [-0.25, -0.2) is 0 Å². The van der Waals surface area contributed by atoms with Crippen LogP contribution >= 0.6 is 11.6 Å². The van der Waals surface area contributed by atoms with E-state index >= 15 is 0 Å². The summed E-state index contributed by atoms with van der Waals surface area (Å²) in [6, 6.07) is 16.4. The third-order valence-electron chi connectivity index (χ3n) is 3.64. The first kappa shape index (κ1) is 14.0. The Morgan fingerprint density at radius 3 is 2.67 bits per heavy atom. The van der Waals surface area contributed by atoms with E-state index in [1.54, 1.807) is 0 Å². The predicted molar refractivity (Wildman–Crippen MR) is 89.0 cm³/mol. The summed E-state index contributed by atoms with van der Waals surface area (Å²) in [5.74, 6) is 0. The number of nitrogens with one attached hydrogen (secondary N) is 1. The number of furan rings is 1. The van der Waals surface area contributed by atoms with Crippen LogP contribution in [0.2, 0.25) is 5.22 Å². The lowest BCUT2D eigenvalue weighted by atomic mass is 10.1. The van der Waals surface area contributed by atoms with Crippen LogP contribution in [0.15, 0.2) is 52.9 Å². The quantitative estimate of drug-likeness (QED) is 0.658. The Morgan fingerprint density at radius 2 is 1.81 bits per heavy atom. The zero-order valence-electron chi connectivity index (χ0n) is 12.0. The Kier molecular flexibility index (Phi) is 4.16. The number of halogens is 1. The Balaban J connectivity index is 1.85. The molecule has 1 heterocycles. The molecule has 3 heteroatoms. The first-order valence-electron chi connectivity index (χ1n) is 7.27. The highest BCUT2D eigenvalue weighted by molar-refractivity contribution is 6.30. The van der Waals surface area contributed by atoms with Gasteiger partial charge in [-0.05, 0) is 35.7 Å². The summed E-state index contributed by atoms with van der Waals surface area (Å²) < 4.78 is 5.59. The third-order valence-corrected chi connectivity index (χ3v) is 3.95. The number of rotatable bonds is 5. The molecule has 0 amide bonds. The molecule has 2 nitrogen and oxygen atoms in total. The van der Waals surface area contributed by atoms with Crippen molar-refractivity contribution in [3.63, 3.8) is 0 Å². The monoisotopic (exact) mass is 299 g/mol. The first-order chi connectivity index (χ1) is 10.3. The summed E-state index contributed by atoms with van der Waals surface area (Å²) in [5.41, 5.74) is 4.35. The van der Waals surface area contributed by atoms with Gasteiger partial charge in [-0.1, -0.05) is 49.7 Å². The van der Waals surface area contributed by atoms with Crippen LogP contribution in [0.5, 0.6) is 0 Å². The van der Waals surface area contributed by atoms with E-state index in [0.29, 0.717) is 11.8 Å². The minimum Gasteiger partial charge on any atom is -0.444 e. The molecule has 3 aromatic rings. The molecule has 0 aliphatic carbocycles. The van der Waals surface area contributed by atoms with Crippen LogP contribution in [0.25, 0.3) is 11.0 Å². The molecule has 0 bridgehead atoms. The van der Waals surface area contributed by atoms with Gasteiger partial charge in [0.1, 0.15) is 5.58 Å². The lowest BCUT2D eigenvalue weighted by Gasteiger charge is -2.11. The molecule has 108 valence electrons. The van der Waals surface area contributed by atoms with Gasteiger partial charge in [0.25, 0.3) is 0 Å². The van der Waals surface area contributed by atoms with E-state index in [-0.39, 0.29) is 0 Å². The normalized spacial score (nSPS) is 11.0. The van der Waals surface area contributed by atoms with Crippen molar-refractivity contribution in [3.8, 4) is 0 Å². The molecule has 0 aliphatic rings. The van der Waals surface area contributed by atoms with Gasteiger partial charge in [0.05, 0.1) is 0 Å². The zero-order chi connectivity index (χ0) is 14.7. The third kappa shape index (κ3) is 2.91. The summed E-state index contributed by atoms with van der Waals surface area (Å²) in [6.07, 6.45) is 2.21. The summed E-state index contributed by atoms with van der Waals surface area (Å²) >= 11 is 6.23. The van der Waals surface area contributed by atoms with Crippen molar-refractivity contribution in [2.75, 3.05) is 5.32 Å². The SMILES string of the molecule is CCCc1ccccc1NCc1c(Cl)oc2ccccc12. The maximum Gasteiger partial charge on any atom is 0.199 e. The number of para-hydroxylation sites is 2. The standard InChI is InChI=1S/C18H18ClNO/c1-2-7-13-8-3-5-10-16(13)20-12-15-14-9-4-6-11-17(14)21-18(15)19/h3-6,8-11,20H,2,7,12H2,1H3. The molecule has 0 spiro atoms. The van der Waals surface area contributed by atoms with Crippen molar-refractivity contribution in [1.29, 1.82) is 0 Å². The summed E-state index contributed by atoms with van der Waals surface area (Å²) in [5, 5.41) is 5.03. The van der Waals surface area contributed by atoms with E-state index in [4.69, 9.17) is 16.0 Å². The van der Waals surface area contributed by atoms with Crippen molar-refractivity contribution >= 4 is 28.3 Å². The molecule has 0 saturated carbocycles. The molecule has 0 unspecified atom stereocenters. The van der Waals surface area contributed by atoms with Crippen LogP contribution in [-0.4, -0.2) is 0 Å². The second kappa shape index (κ2) is 6.23. The van der Waals surface area contributed by atoms with Gasteiger partial charge in [0.2, 0.25) is 0 Å².